The summed E-state index contributed by atoms with van der Waals surface area (Å²) in [5, 5.41) is 4.34. The van der Waals surface area contributed by atoms with E-state index in [1.807, 2.05) is 53.1 Å². The fourth-order valence-corrected chi connectivity index (χ4v) is 4.96. The molecule has 1 aliphatic heterocycles. The third kappa shape index (κ3) is 4.75. The molecule has 0 atom stereocenters. The molecule has 5 nitrogen and oxygen atoms in total. The van der Waals surface area contributed by atoms with Gasteiger partial charge in [-0.3, -0.25) is 14.5 Å². The van der Waals surface area contributed by atoms with E-state index in [1.165, 1.54) is 18.4 Å². The standard InChI is InChI=1S/C29H31N3O2/c1-21-13-15-31(16-14-21)19-23-8-6-7-22(17-23)18-30-28(33)20-32-26-11-4-2-9-24(26)29(34)25-10-3-5-12-27(25)32/h2-12,17,21H,13-16,18-20H2,1H3,(H,30,33). The van der Waals surface area contributed by atoms with Gasteiger partial charge in [0.25, 0.3) is 0 Å². The van der Waals surface area contributed by atoms with Crippen molar-refractivity contribution in [2.75, 3.05) is 13.1 Å². The van der Waals surface area contributed by atoms with Crippen LogP contribution in [0.25, 0.3) is 21.8 Å². The first kappa shape index (κ1) is 22.4. The molecule has 1 N–H and O–H groups in total. The van der Waals surface area contributed by atoms with E-state index in [2.05, 4.69) is 41.4 Å². The number of amides is 1. The van der Waals surface area contributed by atoms with Crippen LogP contribution in [0.2, 0.25) is 0 Å². The molecule has 2 heterocycles. The number of nitrogens with zero attached hydrogens (tertiary/aromatic N) is 2. The average Bonchev–Trinajstić information content (AvgIpc) is 2.87. The second kappa shape index (κ2) is 9.82. The van der Waals surface area contributed by atoms with Crippen molar-refractivity contribution in [2.45, 2.75) is 39.4 Å². The van der Waals surface area contributed by atoms with Crippen LogP contribution in [0, 0.1) is 5.92 Å². The van der Waals surface area contributed by atoms with E-state index < -0.39 is 0 Å². The summed E-state index contributed by atoms with van der Waals surface area (Å²) >= 11 is 0. The minimum absolute atomic E-state index is 0.00263. The number of likely N-dealkylation sites (tertiary alicyclic amines) is 1. The molecule has 1 amide bonds. The van der Waals surface area contributed by atoms with Gasteiger partial charge in [-0.05, 0) is 67.2 Å². The first-order valence-electron chi connectivity index (χ1n) is 12.2. The molecule has 34 heavy (non-hydrogen) atoms. The summed E-state index contributed by atoms with van der Waals surface area (Å²) in [5.74, 6) is 0.754. The predicted octanol–water partition coefficient (Wildman–Crippen LogP) is 4.70. The largest absolute Gasteiger partial charge is 0.350 e. The molecule has 0 radical (unpaired) electrons. The smallest absolute Gasteiger partial charge is 0.240 e. The summed E-state index contributed by atoms with van der Waals surface area (Å²) in [6, 6.07) is 23.5. The summed E-state index contributed by atoms with van der Waals surface area (Å²) in [6.45, 7) is 6.25. The van der Waals surface area contributed by atoms with Crippen molar-refractivity contribution in [3.8, 4) is 0 Å². The molecule has 0 bridgehead atoms. The average molecular weight is 454 g/mol. The number of aromatic nitrogens is 1. The lowest BCUT2D eigenvalue weighted by molar-refractivity contribution is -0.121. The molecular weight excluding hydrogens is 422 g/mol. The number of carbonyl (C=O) groups excluding carboxylic acids is 1. The molecule has 0 saturated carbocycles. The minimum atomic E-state index is -0.0747. The highest BCUT2D eigenvalue weighted by Crippen LogP contribution is 2.20. The van der Waals surface area contributed by atoms with Gasteiger partial charge in [0.2, 0.25) is 5.91 Å². The first-order valence-corrected chi connectivity index (χ1v) is 12.2. The molecule has 5 heteroatoms. The van der Waals surface area contributed by atoms with Crippen molar-refractivity contribution in [2.24, 2.45) is 5.92 Å². The van der Waals surface area contributed by atoms with E-state index in [0.29, 0.717) is 17.3 Å². The third-order valence-corrected chi connectivity index (χ3v) is 6.94. The molecule has 0 aliphatic carbocycles. The van der Waals surface area contributed by atoms with Gasteiger partial charge < -0.3 is 9.88 Å². The van der Waals surface area contributed by atoms with Crippen LogP contribution >= 0.6 is 0 Å². The van der Waals surface area contributed by atoms with Gasteiger partial charge in [0.05, 0.1) is 11.0 Å². The number of fused-ring (bicyclic) bond motifs is 2. The number of para-hydroxylation sites is 2. The number of rotatable bonds is 6. The van der Waals surface area contributed by atoms with Gasteiger partial charge in [0.1, 0.15) is 6.54 Å². The molecule has 1 aliphatic rings. The van der Waals surface area contributed by atoms with Gasteiger partial charge in [0, 0.05) is 23.9 Å². The van der Waals surface area contributed by atoms with Crippen LogP contribution in [-0.2, 0) is 24.4 Å². The van der Waals surface area contributed by atoms with E-state index in [4.69, 9.17) is 0 Å². The fraction of sp³-hybridized carbons (Fsp3) is 0.310. The summed E-state index contributed by atoms with van der Waals surface area (Å²) in [5.41, 5.74) is 3.95. The molecule has 3 aromatic carbocycles. The quantitative estimate of drug-likeness (QED) is 0.431. The Balaban J connectivity index is 1.30. The van der Waals surface area contributed by atoms with Gasteiger partial charge in [-0.15, -0.1) is 0 Å². The van der Waals surface area contributed by atoms with Crippen molar-refractivity contribution in [1.29, 1.82) is 0 Å². The van der Waals surface area contributed by atoms with E-state index in [1.54, 1.807) is 0 Å². The van der Waals surface area contributed by atoms with Gasteiger partial charge >= 0.3 is 0 Å². The Morgan fingerprint density at radius 3 is 2.18 bits per heavy atom. The van der Waals surface area contributed by atoms with Crippen LogP contribution in [0.1, 0.15) is 30.9 Å². The van der Waals surface area contributed by atoms with E-state index in [0.717, 1.165) is 42.1 Å². The summed E-state index contributed by atoms with van der Waals surface area (Å²) < 4.78 is 1.94. The lowest BCUT2D eigenvalue weighted by atomic mass is 9.98. The third-order valence-electron chi connectivity index (χ3n) is 6.94. The molecule has 0 unspecified atom stereocenters. The molecule has 1 saturated heterocycles. The van der Waals surface area contributed by atoms with Crippen LogP contribution in [0.3, 0.4) is 0 Å². The molecule has 1 aromatic heterocycles. The number of hydrogen-bond acceptors (Lipinski definition) is 3. The zero-order valence-electron chi connectivity index (χ0n) is 19.7. The van der Waals surface area contributed by atoms with Gasteiger partial charge in [0.15, 0.2) is 5.43 Å². The Morgan fingerprint density at radius 1 is 0.882 bits per heavy atom. The summed E-state index contributed by atoms with van der Waals surface area (Å²) in [6.07, 6.45) is 2.54. The monoisotopic (exact) mass is 453 g/mol. The Hall–Kier alpha value is -3.44. The van der Waals surface area contributed by atoms with Crippen LogP contribution < -0.4 is 10.7 Å². The van der Waals surface area contributed by atoms with Crippen LogP contribution in [0.15, 0.2) is 77.6 Å². The normalized spacial score (nSPS) is 15.1. The summed E-state index contributed by atoms with van der Waals surface area (Å²) in [4.78, 5) is 28.4. The topological polar surface area (TPSA) is 54.3 Å². The number of nitrogens with one attached hydrogen (secondary N) is 1. The highest BCUT2D eigenvalue weighted by atomic mass is 16.2. The Morgan fingerprint density at radius 2 is 1.50 bits per heavy atom. The Labute approximate surface area is 200 Å². The second-order valence-corrected chi connectivity index (χ2v) is 9.50. The maximum atomic E-state index is 13.0. The second-order valence-electron chi connectivity index (χ2n) is 9.50. The van der Waals surface area contributed by atoms with Crippen LogP contribution in [0.4, 0.5) is 0 Å². The number of benzene rings is 3. The molecule has 0 spiro atoms. The Kier molecular flexibility index (Phi) is 6.45. The van der Waals surface area contributed by atoms with E-state index in [9.17, 15) is 9.59 Å². The van der Waals surface area contributed by atoms with Gasteiger partial charge in [-0.1, -0.05) is 55.5 Å². The maximum absolute atomic E-state index is 13.0. The molecule has 174 valence electrons. The van der Waals surface area contributed by atoms with Crippen molar-refractivity contribution in [3.63, 3.8) is 0 Å². The zero-order valence-corrected chi connectivity index (χ0v) is 19.7. The predicted molar refractivity (Wildman–Crippen MR) is 138 cm³/mol. The molecule has 1 fully saturated rings. The maximum Gasteiger partial charge on any atom is 0.240 e. The van der Waals surface area contributed by atoms with Crippen molar-refractivity contribution < 1.29 is 4.79 Å². The SMILES string of the molecule is CC1CCN(Cc2cccc(CNC(=O)Cn3c4ccccc4c(=O)c4ccccc43)c2)CC1. The number of piperidine rings is 1. The van der Waals surface area contributed by atoms with Crippen molar-refractivity contribution >= 4 is 27.7 Å². The zero-order chi connectivity index (χ0) is 23.5. The number of carbonyl (C=O) groups is 1. The molecule has 5 rings (SSSR count). The minimum Gasteiger partial charge on any atom is -0.350 e. The highest BCUT2D eigenvalue weighted by molar-refractivity contribution is 5.94. The van der Waals surface area contributed by atoms with Gasteiger partial charge in [-0.2, -0.15) is 0 Å². The number of hydrogen-bond donors (Lipinski definition) is 1. The number of pyridine rings is 1. The lowest BCUT2D eigenvalue weighted by Crippen LogP contribution is -2.32. The van der Waals surface area contributed by atoms with Crippen LogP contribution in [-0.4, -0.2) is 28.5 Å². The van der Waals surface area contributed by atoms with Crippen LogP contribution in [0.5, 0.6) is 0 Å². The fourth-order valence-electron chi connectivity index (χ4n) is 4.96. The summed E-state index contributed by atoms with van der Waals surface area (Å²) in [7, 11) is 0. The molecule has 4 aromatic rings. The Bertz CT molecular complexity index is 1320. The molecular formula is C29H31N3O2. The van der Waals surface area contributed by atoms with Crippen molar-refractivity contribution in [1.82, 2.24) is 14.8 Å². The van der Waals surface area contributed by atoms with Crippen molar-refractivity contribution in [3.05, 3.63) is 94.1 Å². The highest BCUT2D eigenvalue weighted by Gasteiger charge is 2.16. The van der Waals surface area contributed by atoms with Gasteiger partial charge in [-0.25, -0.2) is 0 Å². The first-order chi connectivity index (χ1) is 16.6. The lowest BCUT2D eigenvalue weighted by Gasteiger charge is -2.30. The van der Waals surface area contributed by atoms with E-state index >= 15 is 0 Å². The van der Waals surface area contributed by atoms with E-state index in [-0.39, 0.29) is 17.9 Å².